The van der Waals surface area contributed by atoms with Gasteiger partial charge in [-0.15, -0.1) is 0 Å². The van der Waals surface area contributed by atoms with E-state index in [2.05, 4.69) is 14.7 Å². The number of anilines is 1. The Morgan fingerprint density at radius 3 is 2.52 bits per heavy atom. The van der Waals surface area contributed by atoms with E-state index < -0.39 is 16.0 Å². The number of hydrogen-bond donors (Lipinski definition) is 1. The third-order valence-electron chi connectivity index (χ3n) is 3.37. The van der Waals surface area contributed by atoms with E-state index in [0.717, 1.165) is 5.56 Å². The number of nitrogens with one attached hydrogen (secondary N) is 1. The zero-order valence-corrected chi connectivity index (χ0v) is 16.1. The van der Waals surface area contributed by atoms with E-state index in [1.807, 2.05) is 6.92 Å². The van der Waals surface area contributed by atoms with Crippen LogP contribution in [0.25, 0.3) is 6.08 Å². The average Bonchev–Trinajstić information content (AvgIpc) is 2.61. The lowest BCUT2D eigenvalue weighted by Crippen LogP contribution is -2.16. The van der Waals surface area contributed by atoms with Crippen LogP contribution in [0.4, 0.5) is 5.82 Å². The smallest absolute Gasteiger partial charge is 0.302 e. The Morgan fingerprint density at radius 2 is 1.89 bits per heavy atom. The second-order valence-corrected chi connectivity index (χ2v) is 7.23. The molecular weight excluding hydrogens is 370 g/mol. The van der Waals surface area contributed by atoms with Crippen molar-refractivity contribution in [2.24, 2.45) is 0 Å². The molecule has 0 fully saturated rings. The number of nitrogens with zero attached hydrogens (tertiary/aromatic N) is 2. The molecule has 0 saturated heterocycles. The summed E-state index contributed by atoms with van der Waals surface area (Å²) in [5, 5.41) is 0. The van der Waals surface area contributed by atoms with Crippen molar-refractivity contribution >= 4 is 27.9 Å². The van der Waals surface area contributed by atoms with Crippen molar-refractivity contribution in [1.82, 2.24) is 9.97 Å². The molecule has 0 amide bonds. The van der Waals surface area contributed by atoms with Gasteiger partial charge in [0, 0.05) is 6.92 Å². The Labute approximate surface area is 158 Å². The highest BCUT2D eigenvalue weighted by Gasteiger charge is 2.19. The number of benzene rings is 1. The Balaban J connectivity index is 2.26. The largest absolute Gasteiger partial charge is 0.473 e. The summed E-state index contributed by atoms with van der Waals surface area (Å²) < 4.78 is 38.0. The van der Waals surface area contributed by atoms with Gasteiger partial charge in [-0.2, -0.15) is 0 Å². The summed E-state index contributed by atoms with van der Waals surface area (Å²) in [6, 6.07) is 6.46. The highest BCUT2D eigenvalue weighted by molar-refractivity contribution is 7.92. The standard InChI is InChI=1S/C18H21N3O5S/c1-4-5-16-17(19-12-20-18(16)26-11-10-25-14(3)22)21-27(23,24)15-8-6-13(2)7-9-15/h4-9,12H,10-11H2,1-3H3,(H,19,20,21)/b5-4+. The maximum atomic E-state index is 12.6. The first kappa shape index (κ1) is 20.4. The summed E-state index contributed by atoms with van der Waals surface area (Å²) in [6.45, 7) is 5.07. The zero-order valence-electron chi connectivity index (χ0n) is 15.3. The average molecular weight is 391 g/mol. The predicted octanol–water partition coefficient (Wildman–Crippen LogP) is 2.56. The highest BCUT2D eigenvalue weighted by atomic mass is 32.2. The van der Waals surface area contributed by atoms with Crippen LogP contribution >= 0.6 is 0 Å². The summed E-state index contributed by atoms with van der Waals surface area (Å²) in [6.07, 6.45) is 4.54. The highest BCUT2D eigenvalue weighted by Crippen LogP contribution is 2.26. The van der Waals surface area contributed by atoms with E-state index in [4.69, 9.17) is 9.47 Å². The minimum atomic E-state index is -3.82. The first-order valence-corrected chi connectivity index (χ1v) is 9.65. The van der Waals surface area contributed by atoms with Gasteiger partial charge in [0.15, 0.2) is 5.82 Å². The number of esters is 1. The molecule has 0 spiro atoms. The van der Waals surface area contributed by atoms with Crippen molar-refractivity contribution in [2.45, 2.75) is 25.7 Å². The van der Waals surface area contributed by atoms with Crippen LogP contribution in [-0.4, -0.2) is 37.6 Å². The molecule has 27 heavy (non-hydrogen) atoms. The van der Waals surface area contributed by atoms with Gasteiger partial charge in [0.2, 0.25) is 5.88 Å². The monoisotopic (exact) mass is 391 g/mol. The number of carbonyl (C=O) groups is 1. The van der Waals surface area contributed by atoms with Crippen LogP contribution in [0.1, 0.15) is 25.0 Å². The molecule has 0 aliphatic rings. The van der Waals surface area contributed by atoms with Gasteiger partial charge in [0.1, 0.15) is 19.5 Å². The van der Waals surface area contributed by atoms with Gasteiger partial charge in [-0.1, -0.05) is 29.8 Å². The van der Waals surface area contributed by atoms with E-state index in [1.54, 1.807) is 31.2 Å². The molecule has 8 nitrogen and oxygen atoms in total. The van der Waals surface area contributed by atoms with Crippen molar-refractivity contribution in [3.63, 3.8) is 0 Å². The molecule has 2 rings (SSSR count). The van der Waals surface area contributed by atoms with Crippen LogP contribution in [-0.2, 0) is 19.6 Å². The number of sulfonamides is 1. The van der Waals surface area contributed by atoms with Crippen molar-refractivity contribution in [1.29, 1.82) is 0 Å². The third-order valence-corrected chi connectivity index (χ3v) is 4.73. The van der Waals surface area contributed by atoms with Crippen molar-refractivity contribution in [3.05, 3.63) is 47.8 Å². The molecule has 1 aromatic heterocycles. The fourth-order valence-electron chi connectivity index (χ4n) is 2.12. The number of ether oxygens (including phenoxy) is 2. The quantitative estimate of drug-likeness (QED) is 0.544. The van der Waals surface area contributed by atoms with Gasteiger partial charge in [-0.05, 0) is 26.0 Å². The fraction of sp³-hybridized carbons (Fsp3) is 0.278. The van der Waals surface area contributed by atoms with Crippen molar-refractivity contribution in [3.8, 4) is 5.88 Å². The zero-order chi connectivity index (χ0) is 19.9. The van der Waals surface area contributed by atoms with E-state index in [9.17, 15) is 13.2 Å². The van der Waals surface area contributed by atoms with E-state index >= 15 is 0 Å². The maximum Gasteiger partial charge on any atom is 0.302 e. The first-order chi connectivity index (χ1) is 12.8. The Bertz CT molecular complexity index is 925. The molecule has 0 aliphatic heterocycles. The number of rotatable bonds is 8. The lowest BCUT2D eigenvalue weighted by Gasteiger charge is -2.13. The summed E-state index contributed by atoms with van der Waals surface area (Å²) in [4.78, 5) is 19.0. The molecule has 9 heteroatoms. The van der Waals surface area contributed by atoms with Crippen molar-refractivity contribution < 1.29 is 22.7 Å². The van der Waals surface area contributed by atoms with Gasteiger partial charge < -0.3 is 9.47 Å². The van der Waals surface area contributed by atoms with Crippen LogP contribution in [0.2, 0.25) is 0 Å². The molecule has 1 N–H and O–H groups in total. The Kier molecular flexibility index (Phi) is 6.89. The maximum absolute atomic E-state index is 12.6. The van der Waals surface area contributed by atoms with Gasteiger partial charge in [0.05, 0.1) is 10.5 Å². The van der Waals surface area contributed by atoms with Gasteiger partial charge in [-0.3, -0.25) is 9.52 Å². The van der Waals surface area contributed by atoms with Gasteiger partial charge >= 0.3 is 5.97 Å². The van der Waals surface area contributed by atoms with Gasteiger partial charge in [0.25, 0.3) is 10.0 Å². The molecule has 0 bridgehead atoms. The van der Waals surface area contributed by atoms with Crippen LogP contribution in [0.15, 0.2) is 41.6 Å². The molecular formula is C18H21N3O5S. The minimum absolute atomic E-state index is 0.0546. The molecule has 0 aliphatic carbocycles. The number of aromatic nitrogens is 2. The molecule has 0 atom stereocenters. The van der Waals surface area contributed by atoms with Crippen LogP contribution in [0, 0.1) is 6.92 Å². The predicted molar refractivity (Wildman–Crippen MR) is 101 cm³/mol. The van der Waals surface area contributed by atoms with Gasteiger partial charge in [-0.25, -0.2) is 18.4 Å². The molecule has 0 unspecified atom stereocenters. The number of allylic oxidation sites excluding steroid dienone is 1. The Hall–Kier alpha value is -2.94. The summed E-state index contributed by atoms with van der Waals surface area (Å²) in [5.41, 5.74) is 1.33. The molecule has 1 heterocycles. The number of aryl methyl sites for hydroxylation is 1. The lowest BCUT2D eigenvalue weighted by molar-refractivity contribution is -0.141. The third kappa shape index (κ3) is 5.78. The van der Waals surface area contributed by atoms with Crippen LogP contribution in [0.5, 0.6) is 5.88 Å². The molecule has 0 saturated carbocycles. The van der Waals surface area contributed by atoms with Crippen LogP contribution in [0.3, 0.4) is 0 Å². The second kappa shape index (κ2) is 9.13. The number of carbonyl (C=O) groups excluding carboxylic acids is 1. The first-order valence-electron chi connectivity index (χ1n) is 8.17. The summed E-state index contributed by atoms with van der Waals surface area (Å²) >= 11 is 0. The van der Waals surface area contributed by atoms with E-state index in [1.165, 1.54) is 25.4 Å². The SMILES string of the molecule is C/C=C/c1c(NS(=O)(=O)c2ccc(C)cc2)ncnc1OCCOC(C)=O. The normalized spacial score (nSPS) is 11.4. The Morgan fingerprint density at radius 1 is 1.19 bits per heavy atom. The molecule has 0 radical (unpaired) electrons. The van der Waals surface area contributed by atoms with E-state index in [0.29, 0.717) is 5.56 Å². The fourth-order valence-corrected chi connectivity index (χ4v) is 3.15. The molecule has 2 aromatic rings. The van der Waals surface area contributed by atoms with E-state index in [-0.39, 0.29) is 29.8 Å². The summed E-state index contributed by atoms with van der Waals surface area (Å²) in [5.74, 6) is -0.149. The molecule has 144 valence electrons. The van der Waals surface area contributed by atoms with Crippen LogP contribution < -0.4 is 9.46 Å². The topological polar surface area (TPSA) is 107 Å². The second-order valence-electron chi connectivity index (χ2n) is 5.55. The minimum Gasteiger partial charge on any atom is -0.473 e. The van der Waals surface area contributed by atoms with Crippen molar-refractivity contribution in [2.75, 3.05) is 17.9 Å². The molecule has 1 aromatic carbocycles. The summed E-state index contributed by atoms with van der Waals surface area (Å²) in [7, 11) is -3.82. The number of hydrogen-bond acceptors (Lipinski definition) is 7. The lowest BCUT2D eigenvalue weighted by atomic mass is 10.2.